The first-order chi connectivity index (χ1) is 19.0. The molecule has 0 aliphatic carbocycles. The monoisotopic (exact) mass is 549 g/mol. The summed E-state index contributed by atoms with van der Waals surface area (Å²) in [6.07, 6.45) is 2.76. The molecule has 3 aromatic carbocycles. The predicted molar refractivity (Wildman–Crippen MR) is 157 cm³/mol. The minimum absolute atomic E-state index is 0.0455. The van der Waals surface area contributed by atoms with Crippen LogP contribution in [0.3, 0.4) is 0 Å². The average Bonchev–Trinajstić information content (AvgIpc) is 2.97. The molecule has 4 rings (SSSR count). The molecular weight excluding hydrogens is 510 g/mol. The Morgan fingerprint density at radius 3 is 2.15 bits per heavy atom. The number of β-amino-alcohol motifs (C(OH)–C–C–N with tert-alkyl or cyclic N) is 1. The van der Waals surface area contributed by atoms with Crippen molar-refractivity contribution in [3.8, 4) is 0 Å². The number of hydrogen-bond donors (Lipinski definition) is 4. The summed E-state index contributed by atoms with van der Waals surface area (Å²) >= 11 is 6.05. The lowest BCUT2D eigenvalue weighted by Gasteiger charge is -2.38. The van der Waals surface area contributed by atoms with Crippen molar-refractivity contribution in [3.05, 3.63) is 107 Å². The Morgan fingerprint density at radius 2 is 1.56 bits per heavy atom. The van der Waals surface area contributed by atoms with Crippen LogP contribution in [0.4, 0.5) is 4.79 Å². The third-order valence-corrected chi connectivity index (χ3v) is 8.12. The molecule has 0 aromatic heterocycles. The molecule has 1 aliphatic heterocycles. The van der Waals surface area contributed by atoms with Gasteiger partial charge < -0.3 is 25.7 Å². The third kappa shape index (κ3) is 7.83. The SMILES string of the molecule is O=C(NCCCO)NCC(CCCN1CCC(c2ccc(Cl)cc2)C(O)C1)(c1ccccc1)c1ccccc1. The van der Waals surface area contributed by atoms with E-state index >= 15 is 0 Å². The third-order valence-electron chi connectivity index (χ3n) is 7.87. The van der Waals surface area contributed by atoms with Crippen molar-refractivity contribution in [2.75, 3.05) is 39.3 Å². The molecule has 39 heavy (non-hydrogen) atoms. The van der Waals surface area contributed by atoms with Crippen LogP contribution in [0.25, 0.3) is 0 Å². The zero-order chi connectivity index (χ0) is 27.5. The highest BCUT2D eigenvalue weighted by Crippen LogP contribution is 2.37. The minimum atomic E-state index is -0.419. The Kier molecular flexibility index (Phi) is 10.8. The van der Waals surface area contributed by atoms with Crippen molar-refractivity contribution in [2.45, 2.75) is 43.1 Å². The Morgan fingerprint density at radius 1 is 0.923 bits per heavy atom. The fourth-order valence-electron chi connectivity index (χ4n) is 5.74. The van der Waals surface area contributed by atoms with Crippen LogP contribution in [0.1, 0.15) is 48.3 Å². The quantitative estimate of drug-likeness (QED) is 0.241. The van der Waals surface area contributed by atoms with Crippen molar-refractivity contribution >= 4 is 17.6 Å². The van der Waals surface area contributed by atoms with E-state index in [1.165, 1.54) is 0 Å². The lowest BCUT2D eigenvalue weighted by Crippen LogP contribution is -2.46. The zero-order valence-electron chi connectivity index (χ0n) is 22.4. The number of carbonyl (C=O) groups is 1. The van der Waals surface area contributed by atoms with Crippen molar-refractivity contribution in [1.29, 1.82) is 0 Å². The molecule has 1 saturated heterocycles. The van der Waals surface area contributed by atoms with Crippen LogP contribution in [-0.2, 0) is 5.41 Å². The topological polar surface area (TPSA) is 84.8 Å². The van der Waals surface area contributed by atoms with E-state index in [9.17, 15) is 9.90 Å². The molecule has 2 atom stereocenters. The molecule has 6 nitrogen and oxygen atoms in total. The van der Waals surface area contributed by atoms with Crippen molar-refractivity contribution < 1.29 is 15.0 Å². The molecule has 0 bridgehead atoms. The second-order valence-electron chi connectivity index (χ2n) is 10.4. The number of piperidine rings is 1. The molecule has 3 aromatic rings. The van der Waals surface area contributed by atoms with E-state index in [1.54, 1.807) is 0 Å². The van der Waals surface area contributed by atoms with Crippen molar-refractivity contribution in [2.24, 2.45) is 0 Å². The van der Waals surface area contributed by atoms with E-state index in [2.05, 4.69) is 39.8 Å². The summed E-state index contributed by atoms with van der Waals surface area (Å²) in [5, 5.41) is 26.7. The number of urea groups is 1. The largest absolute Gasteiger partial charge is 0.396 e. The lowest BCUT2D eigenvalue weighted by molar-refractivity contribution is 0.0499. The molecule has 208 valence electrons. The molecule has 0 radical (unpaired) electrons. The highest BCUT2D eigenvalue weighted by molar-refractivity contribution is 6.30. The highest BCUT2D eigenvalue weighted by Gasteiger charge is 2.35. The molecule has 4 N–H and O–H groups in total. The molecular formula is C32H40ClN3O3. The van der Waals surface area contributed by atoms with Crippen LogP contribution in [0.5, 0.6) is 0 Å². The van der Waals surface area contributed by atoms with Gasteiger partial charge in [-0.1, -0.05) is 84.4 Å². The van der Waals surface area contributed by atoms with Crippen LogP contribution < -0.4 is 10.6 Å². The number of amides is 2. The Labute approximate surface area is 237 Å². The van der Waals surface area contributed by atoms with E-state index in [-0.39, 0.29) is 18.6 Å². The van der Waals surface area contributed by atoms with E-state index in [0.29, 0.717) is 31.1 Å². The van der Waals surface area contributed by atoms with Gasteiger partial charge in [0.05, 0.1) is 6.10 Å². The molecule has 7 heteroatoms. The first kappa shape index (κ1) is 29.1. The number of rotatable bonds is 12. The van der Waals surface area contributed by atoms with Gasteiger partial charge in [-0.3, -0.25) is 0 Å². The average molecular weight is 550 g/mol. The van der Waals surface area contributed by atoms with E-state index in [1.807, 2.05) is 60.7 Å². The maximum atomic E-state index is 12.6. The van der Waals surface area contributed by atoms with Gasteiger partial charge in [-0.05, 0) is 67.6 Å². The van der Waals surface area contributed by atoms with Crippen LogP contribution in [0.15, 0.2) is 84.9 Å². The molecule has 0 spiro atoms. The van der Waals surface area contributed by atoms with Crippen LogP contribution in [0, 0.1) is 0 Å². The van der Waals surface area contributed by atoms with Gasteiger partial charge in [-0.25, -0.2) is 4.79 Å². The number of benzene rings is 3. The van der Waals surface area contributed by atoms with Crippen molar-refractivity contribution in [3.63, 3.8) is 0 Å². The number of likely N-dealkylation sites (tertiary alicyclic amines) is 1. The standard InChI is InChI=1S/C32H40ClN3O3/c33-28-15-13-25(14-16-28)29-17-21-36(23-30(29)38)20-7-18-32(26-9-3-1-4-10-26,27-11-5-2-6-12-27)24-35-31(39)34-19-8-22-37/h1-6,9-16,29-30,37-38H,7-8,17-24H2,(H2,34,35,39). The van der Waals surface area contributed by atoms with E-state index < -0.39 is 11.5 Å². The first-order valence-electron chi connectivity index (χ1n) is 13.9. The Hall–Kier alpha value is -2.90. The number of halogens is 1. The van der Waals surface area contributed by atoms with Gasteiger partial charge in [0.15, 0.2) is 0 Å². The number of nitrogens with one attached hydrogen (secondary N) is 2. The van der Waals surface area contributed by atoms with Gasteiger partial charge in [-0.15, -0.1) is 0 Å². The normalized spacial score (nSPS) is 18.0. The summed E-state index contributed by atoms with van der Waals surface area (Å²) in [6.45, 7) is 3.37. The summed E-state index contributed by atoms with van der Waals surface area (Å²) in [5.41, 5.74) is 3.06. The second-order valence-corrected chi connectivity index (χ2v) is 10.9. The lowest BCUT2D eigenvalue weighted by atomic mass is 9.71. The highest BCUT2D eigenvalue weighted by atomic mass is 35.5. The Bertz CT molecular complexity index is 1100. The van der Waals surface area contributed by atoms with E-state index in [0.717, 1.165) is 49.0 Å². The zero-order valence-corrected chi connectivity index (χ0v) is 23.2. The predicted octanol–water partition coefficient (Wildman–Crippen LogP) is 4.94. The number of carbonyl (C=O) groups excluding carboxylic acids is 1. The summed E-state index contributed by atoms with van der Waals surface area (Å²) in [4.78, 5) is 15.0. The number of aliphatic hydroxyl groups is 2. The maximum absolute atomic E-state index is 12.6. The van der Waals surface area contributed by atoms with Gasteiger partial charge >= 0.3 is 6.03 Å². The Balaban J connectivity index is 1.45. The molecule has 1 fully saturated rings. The van der Waals surface area contributed by atoms with Crippen LogP contribution in [0.2, 0.25) is 5.02 Å². The summed E-state index contributed by atoms with van der Waals surface area (Å²) in [5.74, 6) is 0.125. The fourth-order valence-corrected chi connectivity index (χ4v) is 5.87. The van der Waals surface area contributed by atoms with Crippen LogP contribution in [-0.4, -0.2) is 66.6 Å². The van der Waals surface area contributed by atoms with Gasteiger partial charge in [0.1, 0.15) is 0 Å². The molecule has 2 unspecified atom stereocenters. The van der Waals surface area contributed by atoms with Gasteiger partial charge in [-0.2, -0.15) is 0 Å². The fraction of sp³-hybridized carbons (Fsp3) is 0.406. The molecule has 0 saturated carbocycles. The molecule has 1 heterocycles. The minimum Gasteiger partial charge on any atom is -0.396 e. The number of aliphatic hydroxyl groups excluding tert-OH is 2. The number of hydrogen-bond acceptors (Lipinski definition) is 4. The molecule has 1 aliphatic rings. The molecule has 2 amide bonds. The summed E-state index contributed by atoms with van der Waals surface area (Å²) in [7, 11) is 0. The van der Waals surface area contributed by atoms with Gasteiger partial charge in [0.25, 0.3) is 0 Å². The van der Waals surface area contributed by atoms with E-state index in [4.69, 9.17) is 16.7 Å². The second kappa shape index (κ2) is 14.5. The number of nitrogens with zero attached hydrogens (tertiary/aromatic N) is 1. The summed E-state index contributed by atoms with van der Waals surface area (Å²) < 4.78 is 0. The maximum Gasteiger partial charge on any atom is 0.314 e. The van der Waals surface area contributed by atoms with Crippen LogP contribution >= 0.6 is 11.6 Å². The van der Waals surface area contributed by atoms with Gasteiger partial charge in [0.2, 0.25) is 0 Å². The summed E-state index contributed by atoms with van der Waals surface area (Å²) in [6, 6.07) is 28.4. The first-order valence-corrected chi connectivity index (χ1v) is 14.3. The van der Waals surface area contributed by atoms with Gasteiger partial charge in [0, 0.05) is 42.6 Å². The van der Waals surface area contributed by atoms with Crippen molar-refractivity contribution in [1.82, 2.24) is 15.5 Å². The smallest absolute Gasteiger partial charge is 0.314 e.